The third kappa shape index (κ3) is 4.95. The molecule has 3 rings (SSSR count). The minimum atomic E-state index is -0.347. The fourth-order valence-corrected chi connectivity index (χ4v) is 2.88. The lowest BCUT2D eigenvalue weighted by atomic mass is 10.2. The van der Waals surface area contributed by atoms with Gasteiger partial charge in [-0.1, -0.05) is 11.2 Å². The molecule has 0 bridgehead atoms. The molecule has 1 amide bonds. The molecule has 0 aliphatic rings. The van der Waals surface area contributed by atoms with Crippen LogP contribution in [0.2, 0.25) is 0 Å². The number of anilines is 1. The molecule has 3 aromatic rings. The Labute approximate surface area is 160 Å². The summed E-state index contributed by atoms with van der Waals surface area (Å²) >= 11 is 1.54. The zero-order valence-electron chi connectivity index (χ0n) is 15.0. The van der Waals surface area contributed by atoms with Gasteiger partial charge < -0.3 is 13.9 Å². The minimum Gasteiger partial charge on any atom is -0.490 e. The van der Waals surface area contributed by atoms with Crippen molar-refractivity contribution >= 4 is 29.3 Å². The second-order valence-corrected chi connectivity index (χ2v) is 6.26. The first-order valence-electron chi connectivity index (χ1n) is 8.45. The van der Waals surface area contributed by atoms with Gasteiger partial charge in [0.2, 0.25) is 5.89 Å². The van der Waals surface area contributed by atoms with E-state index in [0.29, 0.717) is 30.3 Å². The summed E-state index contributed by atoms with van der Waals surface area (Å²) in [5, 5.41) is 12.3. The maximum absolute atomic E-state index is 12.0. The number of thiophene rings is 1. The van der Waals surface area contributed by atoms with Gasteiger partial charge in [0, 0.05) is 16.5 Å². The van der Waals surface area contributed by atoms with Crippen molar-refractivity contribution in [2.24, 2.45) is 0 Å². The van der Waals surface area contributed by atoms with Crippen LogP contribution in [0.5, 0.6) is 11.5 Å². The van der Waals surface area contributed by atoms with Crippen LogP contribution in [0.1, 0.15) is 18.7 Å². The molecule has 8 heteroatoms. The topological polar surface area (TPSA) is 86.5 Å². The summed E-state index contributed by atoms with van der Waals surface area (Å²) in [4.78, 5) is 12.9. The minimum absolute atomic E-state index is 0.0256. The Morgan fingerprint density at radius 3 is 2.74 bits per heavy atom. The van der Waals surface area contributed by atoms with Crippen molar-refractivity contribution in [3.05, 3.63) is 46.7 Å². The third-order valence-electron chi connectivity index (χ3n) is 3.39. The Morgan fingerprint density at radius 1 is 1.19 bits per heavy atom. The molecule has 0 saturated heterocycles. The second kappa shape index (κ2) is 9.00. The van der Waals surface area contributed by atoms with E-state index in [0.717, 1.165) is 4.88 Å². The zero-order valence-corrected chi connectivity index (χ0v) is 15.8. The SMILES string of the molecule is CCOc1ccc(-c2nnc(NC(=O)/C=C/c3cccs3)o2)cc1OCC. The molecule has 1 N–H and O–H groups in total. The highest BCUT2D eigenvalue weighted by atomic mass is 32.1. The van der Waals surface area contributed by atoms with E-state index >= 15 is 0 Å². The number of nitrogens with zero attached hydrogens (tertiary/aromatic N) is 2. The summed E-state index contributed by atoms with van der Waals surface area (Å²) in [5.41, 5.74) is 0.670. The van der Waals surface area contributed by atoms with E-state index in [1.165, 1.54) is 6.08 Å². The van der Waals surface area contributed by atoms with Gasteiger partial charge in [-0.25, -0.2) is 0 Å². The van der Waals surface area contributed by atoms with Crippen LogP contribution in [-0.2, 0) is 4.79 Å². The molecule has 0 aliphatic heterocycles. The predicted octanol–water partition coefficient (Wildman–Crippen LogP) is 4.25. The number of carbonyl (C=O) groups excluding carboxylic acids is 1. The first-order valence-corrected chi connectivity index (χ1v) is 9.33. The Hall–Kier alpha value is -3.13. The van der Waals surface area contributed by atoms with Crippen molar-refractivity contribution in [2.45, 2.75) is 13.8 Å². The van der Waals surface area contributed by atoms with E-state index in [1.54, 1.807) is 35.6 Å². The molecular formula is C19H19N3O4S. The molecule has 7 nitrogen and oxygen atoms in total. The van der Waals surface area contributed by atoms with Crippen molar-refractivity contribution in [1.82, 2.24) is 10.2 Å². The quantitative estimate of drug-likeness (QED) is 0.584. The lowest BCUT2D eigenvalue weighted by molar-refractivity contribution is -0.112. The molecule has 0 unspecified atom stereocenters. The normalized spacial score (nSPS) is 10.9. The lowest BCUT2D eigenvalue weighted by Gasteiger charge is -2.11. The molecule has 2 heterocycles. The molecule has 0 saturated carbocycles. The number of carbonyl (C=O) groups is 1. The van der Waals surface area contributed by atoms with Crippen LogP contribution >= 0.6 is 11.3 Å². The largest absolute Gasteiger partial charge is 0.490 e. The van der Waals surface area contributed by atoms with Crippen molar-refractivity contribution < 1.29 is 18.7 Å². The number of rotatable bonds is 8. The van der Waals surface area contributed by atoms with Crippen LogP contribution < -0.4 is 14.8 Å². The van der Waals surface area contributed by atoms with Gasteiger partial charge in [0.05, 0.1) is 13.2 Å². The molecule has 140 valence electrons. The number of hydrogen-bond donors (Lipinski definition) is 1. The first-order chi connectivity index (χ1) is 13.2. The summed E-state index contributed by atoms with van der Waals surface area (Å²) in [5.74, 6) is 1.17. The average Bonchev–Trinajstić information content (AvgIpc) is 3.34. The Bertz CT molecular complexity index is 919. The van der Waals surface area contributed by atoms with Gasteiger partial charge in [0.15, 0.2) is 11.5 Å². The molecule has 0 aliphatic carbocycles. The van der Waals surface area contributed by atoms with Crippen LogP contribution in [0.15, 0.2) is 46.2 Å². The zero-order chi connectivity index (χ0) is 19.1. The summed E-state index contributed by atoms with van der Waals surface area (Å²) in [6.45, 7) is 4.84. The van der Waals surface area contributed by atoms with Crippen molar-refractivity contribution in [2.75, 3.05) is 18.5 Å². The van der Waals surface area contributed by atoms with E-state index in [4.69, 9.17) is 13.9 Å². The highest BCUT2D eigenvalue weighted by Crippen LogP contribution is 2.32. The van der Waals surface area contributed by atoms with Crippen molar-refractivity contribution in [3.8, 4) is 23.0 Å². The number of ether oxygens (including phenoxy) is 2. The van der Waals surface area contributed by atoms with Crippen LogP contribution in [-0.4, -0.2) is 29.3 Å². The van der Waals surface area contributed by atoms with E-state index < -0.39 is 0 Å². The van der Waals surface area contributed by atoms with Crippen LogP contribution in [0, 0.1) is 0 Å². The summed E-state index contributed by atoms with van der Waals surface area (Å²) in [6, 6.07) is 9.21. The fraction of sp³-hybridized carbons (Fsp3) is 0.211. The fourth-order valence-electron chi connectivity index (χ4n) is 2.27. The second-order valence-electron chi connectivity index (χ2n) is 5.28. The molecule has 0 radical (unpaired) electrons. The molecule has 1 aromatic carbocycles. The monoisotopic (exact) mass is 385 g/mol. The van der Waals surface area contributed by atoms with E-state index in [2.05, 4.69) is 15.5 Å². The maximum Gasteiger partial charge on any atom is 0.322 e. The number of aromatic nitrogens is 2. The Morgan fingerprint density at radius 2 is 2.00 bits per heavy atom. The van der Waals surface area contributed by atoms with Crippen LogP contribution in [0.4, 0.5) is 6.01 Å². The van der Waals surface area contributed by atoms with E-state index in [-0.39, 0.29) is 17.8 Å². The molecule has 2 aromatic heterocycles. The molecule has 0 spiro atoms. The maximum atomic E-state index is 12.0. The third-order valence-corrected chi connectivity index (χ3v) is 4.23. The van der Waals surface area contributed by atoms with Gasteiger partial charge in [-0.3, -0.25) is 10.1 Å². The van der Waals surface area contributed by atoms with Crippen LogP contribution in [0.25, 0.3) is 17.5 Å². The Balaban J connectivity index is 1.71. The van der Waals surface area contributed by atoms with Crippen LogP contribution in [0.3, 0.4) is 0 Å². The summed E-state index contributed by atoms with van der Waals surface area (Å²) in [6.07, 6.45) is 3.14. The molecule has 0 fully saturated rings. The highest BCUT2D eigenvalue weighted by molar-refractivity contribution is 7.10. The smallest absolute Gasteiger partial charge is 0.322 e. The summed E-state index contributed by atoms with van der Waals surface area (Å²) < 4.78 is 16.7. The van der Waals surface area contributed by atoms with Gasteiger partial charge in [-0.2, -0.15) is 0 Å². The lowest BCUT2D eigenvalue weighted by Crippen LogP contribution is -2.07. The first kappa shape index (κ1) is 18.7. The number of nitrogens with one attached hydrogen (secondary N) is 1. The van der Waals surface area contributed by atoms with Crippen molar-refractivity contribution in [1.29, 1.82) is 0 Å². The van der Waals surface area contributed by atoms with Gasteiger partial charge in [-0.15, -0.1) is 16.4 Å². The van der Waals surface area contributed by atoms with Crippen molar-refractivity contribution in [3.63, 3.8) is 0 Å². The molecule has 27 heavy (non-hydrogen) atoms. The van der Waals surface area contributed by atoms with Gasteiger partial charge in [0.1, 0.15) is 0 Å². The number of amides is 1. The average molecular weight is 385 g/mol. The highest BCUT2D eigenvalue weighted by Gasteiger charge is 2.13. The van der Waals surface area contributed by atoms with Gasteiger partial charge in [-0.05, 0) is 49.6 Å². The predicted molar refractivity (Wildman–Crippen MR) is 104 cm³/mol. The Kier molecular flexibility index (Phi) is 6.22. The number of hydrogen-bond acceptors (Lipinski definition) is 7. The molecule has 0 atom stereocenters. The van der Waals surface area contributed by atoms with Gasteiger partial charge in [0.25, 0.3) is 5.91 Å². The number of benzene rings is 1. The summed E-state index contributed by atoms with van der Waals surface area (Å²) in [7, 11) is 0. The van der Waals surface area contributed by atoms with E-state index in [1.807, 2.05) is 31.4 Å². The van der Waals surface area contributed by atoms with Gasteiger partial charge >= 0.3 is 6.01 Å². The molecular weight excluding hydrogens is 366 g/mol. The van der Waals surface area contributed by atoms with E-state index in [9.17, 15) is 4.79 Å². The standard InChI is InChI=1S/C19H19N3O4S/c1-3-24-15-9-7-13(12-16(15)25-4-2)18-21-22-19(26-18)20-17(23)10-8-14-6-5-11-27-14/h5-12H,3-4H2,1-2H3,(H,20,22,23)/b10-8+.